The van der Waals surface area contributed by atoms with Gasteiger partial charge in [-0.2, -0.15) is 0 Å². The van der Waals surface area contributed by atoms with Crippen molar-refractivity contribution in [3.8, 4) is 5.75 Å². The van der Waals surface area contributed by atoms with Crippen LogP contribution in [-0.2, 0) is 0 Å². The number of aryl methyl sites for hydroxylation is 2. The zero-order valence-corrected chi connectivity index (χ0v) is 9.14. The van der Waals surface area contributed by atoms with E-state index in [2.05, 4.69) is 0 Å². The molecule has 1 aromatic rings. The summed E-state index contributed by atoms with van der Waals surface area (Å²) in [5, 5.41) is 18.2. The van der Waals surface area contributed by atoms with E-state index in [1.54, 1.807) is 12.1 Å². The maximum Gasteiger partial charge on any atom is 0.116 e. The van der Waals surface area contributed by atoms with Gasteiger partial charge >= 0.3 is 0 Å². The smallest absolute Gasteiger partial charge is 0.116 e. The number of aliphatic hydroxyl groups is 1. The molecule has 14 heavy (non-hydrogen) atoms. The monoisotopic (exact) mass is 217 g/mol. The fourth-order valence-corrected chi connectivity index (χ4v) is 1.63. The van der Waals surface area contributed by atoms with E-state index < -0.39 is 0 Å². The highest BCUT2D eigenvalue weighted by Gasteiger charge is 2.11. The number of hydrogen-bond donors (Lipinski definition) is 3. The summed E-state index contributed by atoms with van der Waals surface area (Å²) in [6.45, 7) is 3.67. The molecule has 0 aromatic heterocycles. The van der Waals surface area contributed by atoms with Gasteiger partial charge in [-0.05, 0) is 42.7 Å². The molecule has 1 rings (SSSR count). The Kier molecular flexibility index (Phi) is 4.91. The van der Waals surface area contributed by atoms with Crippen molar-refractivity contribution < 1.29 is 10.2 Å². The first kappa shape index (κ1) is 13.2. The van der Waals surface area contributed by atoms with E-state index in [-0.39, 0.29) is 30.8 Å². The molecule has 3 nitrogen and oxygen atoms in total. The molecule has 4 heteroatoms. The van der Waals surface area contributed by atoms with Crippen LogP contribution in [0.5, 0.6) is 5.75 Å². The van der Waals surface area contributed by atoms with Gasteiger partial charge in [0.25, 0.3) is 0 Å². The molecule has 1 aromatic carbocycles. The van der Waals surface area contributed by atoms with Crippen molar-refractivity contribution in [3.63, 3.8) is 0 Å². The van der Waals surface area contributed by atoms with E-state index in [4.69, 9.17) is 10.8 Å². The van der Waals surface area contributed by atoms with E-state index in [0.29, 0.717) is 0 Å². The van der Waals surface area contributed by atoms with E-state index >= 15 is 0 Å². The van der Waals surface area contributed by atoms with Crippen LogP contribution in [0.4, 0.5) is 0 Å². The minimum atomic E-state index is -0.361. The molecule has 0 radical (unpaired) electrons. The van der Waals surface area contributed by atoms with Gasteiger partial charge in [0.05, 0.1) is 12.6 Å². The van der Waals surface area contributed by atoms with Crippen LogP contribution in [0.2, 0.25) is 0 Å². The first-order chi connectivity index (χ1) is 6.06. The molecule has 0 heterocycles. The average Bonchev–Trinajstić information content (AvgIpc) is 2.02. The lowest BCUT2D eigenvalue weighted by atomic mass is 9.97. The van der Waals surface area contributed by atoms with Crippen LogP contribution >= 0.6 is 12.4 Å². The Labute approximate surface area is 90.0 Å². The van der Waals surface area contributed by atoms with Crippen LogP contribution in [0.1, 0.15) is 22.7 Å². The third-order valence-electron chi connectivity index (χ3n) is 2.15. The van der Waals surface area contributed by atoms with Crippen LogP contribution < -0.4 is 5.73 Å². The van der Waals surface area contributed by atoms with Gasteiger partial charge in [-0.1, -0.05) is 0 Å². The van der Waals surface area contributed by atoms with E-state index in [1.165, 1.54) is 0 Å². The van der Waals surface area contributed by atoms with Gasteiger partial charge in [-0.25, -0.2) is 0 Å². The average molecular weight is 218 g/mol. The van der Waals surface area contributed by atoms with E-state index in [1.807, 2.05) is 13.8 Å². The van der Waals surface area contributed by atoms with Crippen molar-refractivity contribution in [3.05, 3.63) is 28.8 Å². The molecule has 0 aliphatic rings. The number of phenolic OH excluding ortho intramolecular Hbond substituents is 1. The molecule has 0 saturated heterocycles. The fraction of sp³-hybridized carbons (Fsp3) is 0.400. The number of nitrogens with two attached hydrogens (primary N) is 1. The largest absolute Gasteiger partial charge is 0.508 e. The predicted molar refractivity (Wildman–Crippen MR) is 58.8 cm³/mol. The van der Waals surface area contributed by atoms with Gasteiger partial charge in [-0.3, -0.25) is 0 Å². The summed E-state index contributed by atoms with van der Waals surface area (Å²) in [7, 11) is 0. The summed E-state index contributed by atoms with van der Waals surface area (Å²) in [5.41, 5.74) is 8.46. The molecule has 1 atom stereocenters. The number of phenols is 1. The van der Waals surface area contributed by atoms with Crippen LogP contribution in [-0.4, -0.2) is 16.8 Å². The Hall–Kier alpha value is -0.770. The van der Waals surface area contributed by atoms with Crippen LogP contribution in [0, 0.1) is 13.8 Å². The van der Waals surface area contributed by atoms with Crippen LogP contribution in [0.25, 0.3) is 0 Å². The molecule has 0 amide bonds. The van der Waals surface area contributed by atoms with Crippen molar-refractivity contribution in [2.24, 2.45) is 5.73 Å². The van der Waals surface area contributed by atoms with Gasteiger partial charge in [0, 0.05) is 0 Å². The van der Waals surface area contributed by atoms with Crippen LogP contribution in [0.15, 0.2) is 12.1 Å². The van der Waals surface area contributed by atoms with Crippen molar-refractivity contribution in [1.82, 2.24) is 0 Å². The van der Waals surface area contributed by atoms with Gasteiger partial charge in [0.2, 0.25) is 0 Å². The van der Waals surface area contributed by atoms with Gasteiger partial charge in [0.15, 0.2) is 0 Å². The zero-order chi connectivity index (χ0) is 10.0. The summed E-state index contributed by atoms with van der Waals surface area (Å²) >= 11 is 0. The van der Waals surface area contributed by atoms with Crippen molar-refractivity contribution in [2.45, 2.75) is 19.9 Å². The molecular weight excluding hydrogens is 202 g/mol. The molecule has 0 unspecified atom stereocenters. The summed E-state index contributed by atoms with van der Waals surface area (Å²) in [4.78, 5) is 0. The first-order valence-electron chi connectivity index (χ1n) is 4.22. The molecule has 0 fully saturated rings. The SMILES string of the molecule is Cc1cc(O)cc(C)c1[C@@H](N)CO.Cl. The Morgan fingerprint density at radius 2 is 1.71 bits per heavy atom. The quantitative estimate of drug-likeness (QED) is 0.702. The second kappa shape index (κ2) is 5.20. The maximum atomic E-state index is 9.27. The fourth-order valence-electron chi connectivity index (χ4n) is 1.63. The molecule has 0 aliphatic carbocycles. The molecule has 4 N–H and O–H groups in total. The minimum Gasteiger partial charge on any atom is -0.508 e. The number of halogens is 1. The number of hydrogen-bond acceptors (Lipinski definition) is 3. The first-order valence-corrected chi connectivity index (χ1v) is 4.22. The second-order valence-electron chi connectivity index (χ2n) is 3.28. The standard InChI is InChI=1S/C10H15NO2.ClH/c1-6-3-8(13)4-7(2)10(6)9(11)5-12;/h3-4,9,12-13H,5,11H2,1-2H3;1H/t9-;/m0./s1. The lowest BCUT2D eigenvalue weighted by Crippen LogP contribution is -2.17. The Balaban J connectivity index is 0.00000169. The highest BCUT2D eigenvalue weighted by Crippen LogP contribution is 2.24. The number of aromatic hydroxyl groups is 1. The molecule has 0 spiro atoms. The van der Waals surface area contributed by atoms with Crippen molar-refractivity contribution in [1.29, 1.82) is 0 Å². The Morgan fingerprint density at radius 1 is 1.29 bits per heavy atom. The van der Waals surface area contributed by atoms with Gasteiger partial charge in [-0.15, -0.1) is 12.4 Å². The molecule has 80 valence electrons. The number of aliphatic hydroxyl groups excluding tert-OH is 1. The van der Waals surface area contributed by atoms with Gasteiger partial charge < -0.3 is 15.9 Å². The number of benzene rings is 1. The van der Waals surface area contributed by atoms with Crippen molar-refractivity contribution in [2.75, 3.05) is 6.61 Å². The normalized spacial score (nSPS) is 12.0. The van der Waals surface area contributed by atoms with Crippen LogP contribution in [0.3, 0.4) is 0 Å². The zero-order valence-electron chi connectivity index (χ0n) is 8.32. The predicted octanol–water partition coefficient (Wildman–Crippen LogP) is 1.42. The van der Waals surface area contributed by atoms with Crippen molar-refractivity contribution >= 4 is 12.4 Å². The van der Waals surface area contributed by atoms with E-state index in [9.17, 15) is 5.11 Å². The summed E-state index contributed by atoms with van der Waals surface area (Å²) in [6.07, 6.45) is 0. The third-order valence-corrected chi connectivity index (χ3v) is 2.15. The summed E-state index contributed by atoms with van der Waals surface area (Å²) < 4.78 is 0. The second-order valence-corrected chi connectivity index (χ2v) is 3.28. The molecule has 0 aliphatic heterocycles. The molecule has 0 bridgehead atoms. The Morgan fingerprint density at radius 3 is 2.07 bits per heavy atom. The molecule has 0 saturated carbocycles. The lowest BCUT2D eigenvalue weighted by molar-refractivity contribution is 0.267. The lowest BCUT2D eigenvalue weighted by Gasteiger charge is -2.15. The molecular formula is C10H16ClNO2. The maximum absolute atomic E-state index is 9.27. The topological polar surface area (TPSA) is 66.5 Å². The van der Waals surface area contributed by atoms with E-state index in [0.717, 1.165) is 16.7 Å². The summed E-state index contributed by atoms with van der Waals surface area (Å²) in [6, 6.07) is 2.94. The third kappa shape index (κ3) is 2.61. The minimum absolute atomic E-state index is 0. The number of rotatable bonds is 2. The van der Waals surface area contributed by atoms with Gasteiger partial charge in [0.1, 0.15) is 5.75 Å². The highest BCUT2D eigenvalue weighted by molar-refractivity contribution is 5.85. The highest BCUT2D eigenvalue weighted by atomic mass is 35.5. The summed E-state index contributed by atoms with van der Waals surface area (Å²) in [5.74, 6) is 0.240. The Bertz CT molecular complexity index is 292.